The van der Waals surface area contributed by atoms with Crippen LogP contribution < -0.4 is 25.0 Å². The van der Waals surface area contributed by atoms with Crippen LogP contribution in [0.1, 0.15) is 38.3 Å². The minimum atomic E-state index is -3.35. The number of ether oxygens (including phenoxy) is 1. The van der Waals surface area contributed by atoms with Gasteiger partial charge in [0.25, 0.3) is 0 Å². The molecule has 0 spiro atoms. The first-order chi connectivity index (χ1) is 15.4. The van der Waals surface area contributed by atoms with Crippen molar-refractivity contribution in [2.75, 3.05) is 34.8 Å². The maximum Gasteiger partial charge on any atom is 0.328 e. The molecule has 1 fully saturated rings. The zero-order valence-electron chi connectivity index (χ0n) is 19.5. The van der Waals surface area contributed by atoms with Crippen molar-refractivity contribution in [3.8, 4) is 5.75 Å². The molecule has 0 unspecified atom stereocenters. The molecule has 178 valence electrons. The number of carbonyl (C=O) groups is 2. The van der Waals surface area contributed by atoms with Crippen molar-refractivity contribution in [2.24, 2.45) is 0 Å². The molecule has 3 amide bonds. The molecule has 0 bridgehead atoms. The van der Waals surface area contributed by atoms with Gasteiger partial charge in [0, 0.05) is 42.0 Å². The summed E-state index contributed by atoms with van der Waals surface area (Å²) >= 11 is 0. The van der Waals surface area contributed by atoms with Gasteiger partial charge in [-0.2, -0.15) is 0 Å². The topological polar surface area (TPSA) is 117 Å². The molecule has 0 saturated carbocycles. The summed E-state index contributed by atoms with van der Waals surface area (Å²) in [4.78, 5) is 26.1. The number of nitrogens with one attached hydrogen (secondary N) is 3. The van der Waals surface area contributed by atoms with E-state index in [0.29, 0.717) is 30.2 Å². The van der Waals surface area contributed by atoms with E-state index in [9.17, 15) is 18.0 Å². The molecule has 0 aliphatic carbocycles. The number of anilines is 3. The summed E-state index contributed by atoms with van der Waals surface area (Å²) in [7, 11) is -1.75. The summed E-state index contributed by atoms with van der Waals surface area (Å²) in [5.74, 6) is 0.427. The molecule has 1 aliphatic heterocycles. The Hall–Kier alpha value is -3.27. The average Bonchev–Trinajstić information content (AvgIpc) is 2.71. The van der Waals surface area contributed by atoms with Gasteiger partial charge in [0.15, 0.2) is 0 Å². The van der Waals surface area contributed by atoms with Crippen LogP contribution >= 0.6 is 0 Å². The molecule has 33 heavy (non-hydrogen) atoms. The highest BCUT2D eigenvalue weighted by Gasteiger charge is 2.30. The number of nitrogens with zero attached hydrogens (tertiary/aromatic N) is 1. The van der Waals surface area contributed by atoms with E-state index in [-0.39, 0.29) is 17.7 Å². The number of hydrogen-bond acceptors (Lipinski definition) is 6. The normalized spacial score (nSPS) is 14.6. The number of imide groups is 1. The van der Waals surface area contributed by atoms with Gasteiger partial charge in [-0.1, -0.05) is 20.8 Å². The minimum Gasteiger partial charge on any atom is -0.496 e. The van der Waals surface area contributed by atoms with Crippen molar-refractivity contribution in [2.45, 2.75) is 39.2 Å². The number of benzene rings is 2. The quantitative estimate of drug-likeness (QED) is 0.566. The molecule has 1 saturated heterocycles. The van der Waals surface area contributed by atoms with Crippen LogP contribution in [0.4, 0.5) is 21.9 Å². The fourth-order valence-corrected chi connectivity index (χ4v) is 4.20. The Balaban J connectivity index is 1.94. The predicted molar refractivity (Wildman–Crippen MR) is 129 cm³/mol. The number of urea groups is 1. The first-order valence-electron chi connectivity index (χ1n) is 10.5. The van der Waals surface area contributed by atoms with Crippen LogP contribution in [0.25, 0.3) is 0 Å². The largest absolute Gasteiger partial charge is 0.496 e. The van der Waals surface area contributed by atoms with E-state index in [2.05, 4.69) is 15.4 Å². The lowest BCUT2D eigenvalue weighted by Crippen LogP contribution is -2.50. The van der Waals surface area contributed by atoms with Gasteiger partial charge >= 0.3 is 6.03 Å². The van der Waals surface area contributed by atoms with Gasteiger partial charge in [-0.05, 0) is 41.8 Å². The highest BCUT2D eigenvalue weighted by Crippen LogP contribution is 2.38. The second-order valence-electron chi connectivity index (χ2n) is 8.95. The Morgan fingerprint density at radius 2 is 1.73 bits per heavy atom. The summed E-state index contributed by atoms with van der Waals surface area (Å²) in [5.41, 5.74) is 3.08. The molecule has 0 radical (unpaired) electrons. The third kappa shape index (κ3) is 5.95. The molecule has 0 aromatic heterocycles. The van der Waals surface area contributed by atoms with E-state index in [0.717, 1.165) is 23.1 Å². The summed E-state index contributed by atoms with van der Waals surface area (Å²) in [6.07, 6.45) is 1.34. The van der Waals surface area contributed by atoms with Crippen molar-refractivity contribution in [1.29, 1.82) is 0 Å². The Bertz CT molecular complexity index is 1140. The number of amides is 3. The number of sulfonamides is 1. The SMILES string of the molecule is COc1c(CNc2ccc(NS(C)(=O)=O)cc2)cc(N2C(=O)CCNC2=O)cc1C(C)(C)C. The third-order valence-corrected chi connectivity index (χ3v) is 5.77. The zero-order valence-corrected chi connectivity index (χ0v) is 20.3. The molecule has 2 aromatic rings. The molecule has 2 aromatic carbocycles. The van der Waals surface area contributed by atoms with Crippen LogP contribution in [0.3, 0.4) is 0 Å². The van der Waals surface area contributed by atoms with E-state index in [1.54, 1.807) is 37.4 Å². The fourth-order valence-electron chi connectivity index (χ4n) is 3.64. The average molecular weight is 475 g/mol. The van der Waals surface area contributed by atoms with E-state index in [4.69, 9.17) is 4.74 Å². The number of methoxy groups -OCH3 is 1. The minimum absolute atomic E-state index is 0.240. The molecule has 3 rings (SSSR count). The van der Waals surface area contributed by atoms with Crippen molar-refractivity contribution in [3.63, 3.8) is 0 Å². The fraction of sp³-hybridized carbons (Fsp3) is 0.391. The van der Waals surface area contributed by atoms with Gasteiger partial charge < -0.3 is 15.4 Å². The molecule has 0 atom stereocenters. The van der Waals surface area contributed by atoms with Crippen molar-refractivity contribution >= 4 is 39.0 Å². The van der Waals surface area contributed by atoms with Gasteiger partial charge in [-0.25, -0.2) is 18.1 Å². The van der Waals surface area contributed by atoms with Crippen LogP contribution in [-0.2, 0) is 26.8 Å². The Morgan fingerprint density at radius 3 is 2.27 bits per heavy atom. The van der Waals surface area contributed by atoms with Crippen LogP contribution in [0.15, 0.2) is 36.4 Å². The molecular weight excluding hydrogens is 444 g/mol. The highest BCUT2D eigenvalue weighted by molar-refractivity contribution is 7.92. The number of carbonyl (C=O) groups excluding carboxylic acids is 2. The van der Waals surface area contributed by atoms with E-state index >= 15 is 0 Å². The lowest BCUT2D eigenvalue weighted by atomic mass is 9.84. The Kier molecular flexibility index (Phi) is 6.87. The molecular formula is C23H30N4O5S. The van der Waals surface area contributed by atoms with E-state index in [1.807, 2.05) is 26.8 Å². The van der Waals surface area contributed by atoms with E-state index < -0.39 is 16.1 Å². The lowest BCUT2D eigenvalue weighted by Gasteiger charge is -2.30. The first-order valence-corrected chi connectivity index (χ1v) is 12.4. The molecule has 1 heterocycles. The number of rotatable bonds is 7. The first kappa shape index (κ1) is 24.4. The van der Waals surface area contributed by atoms with Crippen LogP contribution in [0.2, 0.25) is 0 Å². The van der Waals surface area contributed by atoms with Gasteiger partial charge in [0.05, 0.1) is 19.1 Å². The maximum absolute atomic E-state index is 12.5. The second-order valence-corrected chi connectivity index (χ2v) is 10.7. The van der Waals surface area contributed by atoms with Gasteiger partial charge in [-0.15, -0.1) is 0 Å². The smallest absolute Gasteiger partial charge is 0.328 e. The summed E-state index contributed by atoms with van der Waals surface area (Å²) in [6, 6.07) is 10.0. The Morgan fingerprint density at radius 1 is 1.09 bits per heavy atom. The molecule has 1 aliphatic rings. The zero-order chi connectivity index (χ0) is 24.4. The lowest BCUT2D eigenvalue weighted by molar-refractivity contribution is -0.118. The van der Waals surface area contributed by atoms with Crippen LogP contribution in [0.5, 0.6) is 5.75 Å². The van der Waals surface area contributed by atoms with Crippen molar-refractivity contribution in [3.05, 3.63) is 47.5 Å². The molecule has 3 N–H and O–H groups in total. The number of hydrogen-bond donors (Lipinski definition) is 3. The van der Waals surface area contributed by atoms with Crippen molar-refractivity contribution in [1.82, 2.24) is 5.32 Å². The Labute approximate surface area is 194 Å². The van der Waals surface area contributed by atoms with Crippen LogP contribution in [0, 0.1) is 0 Å². The standard InChI is InChI=1S/C23H30N4O5S/c1-23(2,3)19-13-18(27-20(28)10-11-24-22(27)29)12-15(21(19)32-4)14-25-16-6-8-17(9-7-16)26-33(5,30)31/h6-9,12-13,25-26H,10-11,14H2,1-5H3,(H,24,29). The van der Waals surface area contributed by atoms with Gasteiger partial charge in [-0.3, -0.25) is 9.52 Å². The van der Waals surface area contributed by atoms with E-state index in [1.165, 1.54) is 4.90 Å². The van der Waals surface area contributed by atoms with Crippen molar-refractivity contribution < 1.29 is 22.7 Å². The summed E-state index contributed by atoms with van der Waals surface area (Å²) in [6.45, 7) is 6.81. The molecule has 10 heteroatoms. The highest BCUT2D eigenvalue weighted by atomic mass is 32.2. The van der Waals surface area contributed by atoms with Gasteiger partial charge in [0.2, 0.25) is 15.9 Å². The predicted octanol–water partition coefficient (Wildman–Crippen LogP) is 3.42. The summed E-state index contributed by atoms with van der Waals surface area (Å²) in [5, 5.41) is 6.01. The second kappa shape index (κ2) is 9.30. The van der Waals surface area contributed by atoms with Crippen LogP contribution in [-0.4, -0.2) is 40.3 Å². The molecule has 9 nitrogen and oxygen atoms in total. The maximum atomic E-state index is 12.5. The van der Waals surface area contributed by atoms with Gasteiger partial charge in [0.1, 0.15) is 5.75 Å². The summed E-state index contributed by atoms with van der Waals surface area (Å²) < 4.78 is 30.9. The monoisotopic (exact) mass is 474 g/mol. The third-order valence-electron chi connectivity index (χ3n) is 5.16.